The molecule has 0 aliphatic heterocycles. The predicted octanol–water partition coefficient (Wildman–Crippen LogP) is 4.85. The summed E-state index contributed by atoms with van der Waals surface area (Å²) in [4.78, 5) is 17.3. The molecule has 170 valence electrons. The summed E-state index contributed by atoms with van der Waals surface area (Å²) in [6.07, 6.45) is 7.11. The minimum Gasteiger partial charge on any atom is -0.348 e. The maximum Gasteiger partial charge on any atom is 0.253 e. The van der Waals surface area contributed by atoms with E-state index in [2.05, 4.69) is 64.7 Å². The van der Waals surface area contributed by atoms with Crippen molar-refractivity contribution in [3.8, 4) is 11.1 Å². The van der Waals surface area contributed by atoms with Gasteiger partial charge in [-0.25, -0.2) is 9.67 Å². The van der Waals surface area contributed by atoms with Crippen LogP contribution < -0.4 is 5.32 Å². The quantitative estimate of drug-likeness (QED) is 0.384. The lowest BCUT2D eigenvalue weighted by molar-refractivity contribution is 0.0951. The third-order valence-electron chi connectivity index (χ3n) is 5.81. The van der Waals surface area contributed by atoms with Gasteiger partial charge in [0.25, 0.3) is 5.91 Å². The number of hydrogen-bond donors (Lipinski definition) is 1. The lowest BCUT2D eigenvalue weighted by atomic mass is 9.98. The standard InChI is InChI=1S/C27H26N6O/c1-19(2)33-26-23(17-31-33)14-24(16-28-26)27(34)29-15-22-6-3-4-7-25(22)21-10-8-20(9-11-21)18-32-13-5-12-30-32/h3-14,16-17,19H,15,18H2,1-2H3,(H,29,34). The highest BCUT2D eigenvalue weighted by molar-refractivity contribution is 5.96. The Hall–Kier alpha value is -4.26. The fraction of sp³-hybridized carbons (Fsp3) is 0.185. The second-order valence-electron chi connectivity index (χ2n) is 8.56. The average Bonchev–Trinajstić information content (AvgIpc) is 3.53. The van der Waals surface area contributed by atoms with E-state index in [1.54, 1.807) is 18.6 Å². The van der Waals surface area contributed by atoms with Gasteiger partial charge in [-0.05, 0) is 48.2 Å². The number of carbonyl (C=O) groups excluding carboxylic acids is 1. The number of aromatic nitrogens is 5. The van der Waals surface area contributed by atoms with E-state index in [1.165, 1.54) is 5.56 Å². The van der Waals surface area contributed by atoms with Crippen LogP contribution in [0.15, 0.2) is 85.5 Å². The van der Waals surface area contributed by atoms with Gasteiger partial charge in [0.1, 0.15) is 0 Å². The molecule has 1 amide bonds. The summed E-state index contributed by atoms with van der Waals surface area (Å²) in [7, 11) is 0. The zero-order valence-corrected chi connectivity index (χ0v) is 19.2. The number of pyridine rings is 1. The summed E-state index contributed by atoms with van der Waals surface area (Å²) in [6.45, 7) is 5.27. The molecule has 0 saturated heterocycles. The van der Waals surface area contributed by atoms with E-state index < -0.39 is 0 Å². The van der Waals surface area contributed by atoms with Gasteiger partial charge in [-0.15, -0.1) is 0 Å². The van der Waals surface area contributed by atoms with Crippen molar-refractivity contribution >= 4 is 16.9 Å². The van der Waals surface area contributed by atoms with Gasteiger partial charge in [0.2, 0.25) is 0 Å². The summed E-state index contributed by atoms with van der Waals surface area (Å²) >= 11 is 0. The highest BCUT2D eigenvalue weighted by Crippen LogP contribution is 2.24. The molecule has 0 aliphatic carbocycles. The van der Waals surface area contributed by atoms with Crippen LogP contribution in [0.1, 0.15) is 41.4 Å². The van der Waals surface area contributed by atoms with Crippen molar-refractivity contribution in [3.05, 3.63) is 102 Å². The molecule has 7 nitrogen and oxygen atoms in total. The van der Waals surface area contributed by atoms with Crippen molar-refractivity contribution in [2.24, 2.45) is 0 Å². The highest BCUT2D eigenvalue weighted by atomic mass is 16.1. The van der Waals surface area contributed by atoms with Gasteiger partial charge in [-0.2, -0.15) is 10.2 Å². The number of nitrogens with one attached hydrogen (secondary N) is 1. The van der Waals surface area contributed by atoms with Crippen molar-refractivity contribution in [2.75, 3.05) is 0 Å². The first-order valence-corrected chi connectivity index (χ1v) is 11.3. The number of nitrogens with zero attached hydrogens (tertiary/aromatic N) is 5. The molecular weight excluding hydrogens is 424 g/mol. The molecule has 0 bridgehead atoms. The van der Waals surface area contributed by atoms with Gasteiger partial charge in [-0.3, -0.25) is 9.48 Å². The molecule has 0 unspecified atom stereocenters. The van der Waals surface area contributed by atoms with Gasteiger partial charge in [0.15, 0.2) is 5.65 Å². The van der Waals surface area contributed by atoms with Crippen LogP contribution in [-0.2, 0) is 13.1 Å². The maximum atomic E-state index is 12.9. The molecule has 0 fully saturated rings. The predicted molar refractivity (Wildman–Crippen MR) is 132 cm³/mol. The van der Waals surface area contributed by atoms with Gasteiger partial charge in [-0.1, -0.05) is 48.5 Å². The first-order valence-electron chi connectivity index (χ1n) is 11.3. The molecule has 5 aromatic rings. The number of hydrogen-bond acceptors (Lipinski definition) is 4. The van der Waals surface area contributed by atoms with E-state index in [0.717, 1.165) is 34.3 Å². The minimum absolute atomic E-state index is 0.156. The summed E-state index contributed by atoms with van der Waals surface area (Å²) in [5.41, 5.74) is 5.75. The second kappa shape index (κ2) is 9.31. The summed E-state index contributed by atoms with van der Waals surface area (Å²) in [6, 6.07) is 20.6. The monoisotopic (exact) mass is 450 g/mol. The Morgan fingerprint density at radius 1 is 1.00 bits per heavy atom. The number of fused-ring (bicyclic) bond motifs is 1. The van der Waals surface area contributed by atoms with E-state index in [-0.39, 0.29) is 11.9 Å². The summed E-state index contributed by atoms with van der Waals surface area (Å²) in [5.74, 6) is -0.156. The van der Waals surface area contributed by atoms with Gasteiger partial charge < -0.3 is 5.32 Å². The normalized spacial score (nSPS) is 11.3. The molecule has 0 aliphatic rings. The van der Waals surface area contributed by atoms with Gasteiger partial charge in [0.05, 0.1) is 18.3 Å². The molecular formula is C27H26N6O. The maximum absolute atomic E-state index is 12.9. The fourth-order valence-corrected chi connectivity index (χ4v) is 4.05. The molecule has 1 N–H and O–H groups in total. The van der Waals surface area contributed by atoms with Crippen LogP contribution in [0.25, 0.3) is 22.2 Å². The van der Waals surface area contributed by atoms with Crippen LogP contribution in [0.4, 0.5) is 0 Å². The summed E-state index contributed by atoms with van der Waals surface area (Å²) < 4.78 is 3.76. The number of rotatable bonds is 7. The van der Waals surface area contributed by atoms with Crippen molar-refractivity contribution in [2.45, 2.75) is 33.0 Å². The van der Waals surface area contributed by atoms with Gasteiger partial charge >= 0.3 is 0 Å². The van der Waals surface area contributed by atoms with Crippen molar-refractivity contribution in [1.29, 1.82) is 0 Å². The SMILES string of the molecule is CC(C)n1ncc2cc(C(=O)NCc3ccccc3-c3ccc(Cn4cccn4)cc3)cnc21. The van der Waals surface area contributed by atoms with Crippen molar-refractivity contribution in [1.82, 2.24) is 29.9 Å². The van der Waals surface area contributed by atoms with Crippen molar-refractivity contribution in [3.63, 3.8) is 0 Å². The fourth-order valence-electron chi connectivity index (χ4n) is 4.05. The van der Waals surface area contributed by atoms with E-state index in [1.807, 2.05) is 45.9 Å². The smallest absolute Gasteiger partial charge is 0.253 e. The van der Waals surface area contributed by atoms with Crippen LogP contribution in [0.3, 0.4) is 0 Å². The molecule has 0 radical (unpaired) electrons. The van der Waals surface area contributed by atoms with Crippen LogP contribution in [-0.4, -0.2) is 30.5 Å². The Kier molecular flexibility index (Phi) is 5.91. The first kappa shape index (κ1) is 21.6. The van der Waals surface area contributed by atoms with E-state index in [0.29, 0.717) is 12.1 Å². The highest BCUT2D eigenvalue weighted by Gasteiger charge is 2.13. The van der Waals surface area contributed by atoms with Gasteiger partial charge in [0, 0.05) is 36.6 Å². The molecule has 3 aromatic heterocycles. The Bertz CT molecular complexity index is 1420. The van der Waals surface area contributed by atoms with Crippen LogP contribution in [0.5, 0.6) is 0 Å². The van der Waals surface area contributed by atoms with Crippen LogP contribution in [0.2, 0.25) is 0 Å². The van der Waals surface area contributed by atoms with Crippen LogP contribution in [0, 0.1) is 0 Å². The topological polar surface area (TPSA) is 77.6 Å². The average molecular weight is 451 g/mol. The molecule has 2 aromatic carbocycles. The Labute approximate surface area is 198 Å². The third kappa shape index (κ3) is 4.45. The number of amides is 1. The van der Waals surface area contributed by atoms with E-state index in [9.17, 15) is 4.79 Å². The molecule has 7 heteroatoms. The minimum atomic E-state index is -0.156. The number of carbonyl (C=O) groups is 1. The largest absolute Gasteiger partial charge is 0.348 e. The zero-order valence-electron chi connectivity index (χ0n) is 19.2. The van der Waals surface area contributed by atoms with Crippen LogP contribution >= 0.6 is 0 Å². The van der Waals surface area contributed by atoms with E-state index in [4.69, 9.17) is 0 Å². The molecule has 0 atom stereocenters. The molecule has 5 rings (SSSR count). The Morgan fingerprint density at radius 3 is 2.59 bits per heavy atom. The molecule has 0 saturated carbocycles. The first-order chi connectivity index (χ1) is 16.6. The molecule has 34 heavy (non-hydrogen) atoms. The molecule has 0 spiro atoms. The Balaban J connectivity index is 1.30. The van der Waals surface area contributed by atoms with E-state index >= 15 is 0 Å². The second-order valence-corrected chi connectivity index (χ2v) is 8.56. The third-order valence-corrected chi connectivity index (χ3v) is 5.81. The summed E-state index contributed by atoms with van der Waals surface area (Å²) in [5, 5.41) is 12.5. The Morgan fingerprint density at radius 2 is 1.82 bits per heavy atom. The zero-order chi connectivity index (χ0) is 23.5. The lowest BCUT2D eigenvalue weighted by Crippen LogP contribution is -2.23. The lowest BCUT2D eigenvalue weighted by Gasteiger charge is -2.12. The molecule has 3 heterocycles. The number of benzene rings is 2. The van der Waals surface area contributed by atoms with Crippen molar-refractivity contribution < 1.29 is 4.79 Å².